The molecule has 2 aromatic heterocycles. The number of nitrogens with zero attached hydrogens (tertiary/aromatic N) is 4. The van der Waals surface area contributed by atoms with Crippen molar-refractivity contribution in [3.63, 3.8) is 0 Å². The van der Waals surface area contributed by atoms with E-state index in [2.05, 4.69) is 15.0 Å². The molecule has 3 atom stereocenters. The molecular formula is C10H13N5O3. The number of nitrogens with two attached hydrogens (primary N) is 1. The Kier molecular flexibility index (Phi) is 2.62. The van der Waals surface area contributed by atoms with E-state index in [1.54, 1.807) is 17.1 Å². The van der Waals surface area contributed by atoms with Crippen molar-refractivity contribution in [2.24, 2.45) is 0 Å². The van der Waals surface area contributed by atoms with E-state index in [0.717, 1.165) is 0 Å². The first-order chi connectivity index (χ1) is 8.69. The molecule has 0 aliphatic carbocycles. The van der Waals surface area contributed by atoms with Crippen LogP contribution in [0.15, 0.2) is 12.5 Å². The molecule has 8 heteroatoms. The van der Waals surface area contributed by atoms with Crippen LogP contribution in [0.2, 0.25) is 0 Å². The number of aliphatic hydroxyl groups is 2. The van der Waals surface area contributed by atoms with Crippen molar-refractivity contribution in [2.75, 3.05) is 12.3 Å². The second-order valence-corrected chi connectivity index (χ2v) is 4.20. The van der Waals surface area contributed by atoms with E-state index in [4.69, 9.17) is 15.6 Å². The van der Waals surface area contributed by atoms with Crippen LogP contribution in [0, 0.1) is 0 Å². The van der Waals surface area contributed by atoms with Gasteiger partial charge in [0.1, 0.15) is 17.8 Å². The Balaban J connectivity index is 1.96. The van der Waals surface area contributed by atoms with E-state index in [0.29, 0.717) is 17.6 Å². The van der Waals surface area contributed by atoms with Crippen molar-refractivity contribution in [1.29, 1.82) is 0 Å². The number of hydrogen-bond donors (Lipinski definition) is 3. The quantitative estimate of drug-likeness (QED) is 0.629. The largest absolute Gasteiger partial charge is 0.394 e. The molecule has 1 aliphatic heterocycles. The SMILES string of the molecule is Nc1ncc2c(ncn2[C@@H]2C[C@H](O)[C@@H](CO)O2)n1. The van der Waals surface area contributed by atoms with E-state index in [9.17, 15) is 5.11 Å². The Labute approximate surface area is 102 Å². The zero-order valence-corrected chi connectivity index (χ0v) is 9.47. The van der Waals surface area contributed by atoms with Gasteiger partial charge in [0.05, 0.1) is 25.2 Å². The van der Waals surface area contributed by atoms with Crippen LogP contribution in [0.5, 0.6) is 0 Å². The van der Waals surface area contributed by atoms with Crippen LogP contribution in [0.3, 0.4) is 0 Å². The Bertz CT molecular complexity index is 572. The first-order valence-electron chi connectivity index (χ1n) is 5.58. The monoisotopic (exact) mass is 251 g/mol. The van der Waals surface area contributed by atoms with Crippen LogP contribution in [0.1, 0.15) is 12.6 Å². The lowest BCUT2D eigenvalue weighted by Crippen LogP contribution is -2.24. The molecule has 18 heavy (non-hydrogen) atoms. The Hall–Kier alpha value is -1.77. The summed E-state index contributed by atoms with van der Waals surface area (Å²) in [5, 5.41) is 18.8. The zero-order chi connectivity index (χ0) is 12.7. The molecule has 1 saturated heterocycles. The number of fused-ring (bicyclic) bond motifs is 1. The molecule has 0 bridgehead atoms. The number of ether oxygens (including phenoxy) is 1. The Morgan fingerprint density at radius 2 is 2.33 bits per heavy atom. The van der Waals surface area contributed by atoms with Crippen LogP contribution in [0.4, 0.5) is 5.95 Å². The first-order valence-corrected chi connectivity index (χ1v) is 5.58. The van der Waals surface area contributed by atoms with Crippen molar-refractivity contribution in [3.05, 3.63) is 12.5 Å². The molecular weight excluding hydrogens is 238 g/mol. The molecule has 1 aliphatic rings. The fourth-order valence-electron chi connectivity index (χ4n) is 2.12. The van der Waals surface area contributed by atoms with Crippen LogP contribution >= 0.6 is 0 Å². The number of aliphatic hydroxyl groups excluding tert-OH is 2. The molecule has 0 aromatic carbocycles. The smallest absolute Gasteiger partial charge is 0.222 e. The molecule has 3 heterocycles. The van der Waals surface area contributed by atoms with Crippen molar-refractivity contribution in [2.45, 2.75) is 24.9 Å². The summed E-state index contributed by atoms with van der Waals surface area (Å²) in [4.78, 5) is 12.0. The predicted molar refractivity (Wildman–Crippen MR) is 61.4 cm³/mol. The number of aromatic nitrogens is 4. The van der Waals surface area contributed by atoms with E-state index < -0.39 is 12.2 Å². The number of imidazole rings is 1. The number of anilines is 1. The zero-order valence-electron chi connectivity index (χ0n) is 9.47. The third-order valence-electron chi connectivity index (χ3n) is 3.05. The van der Waals surface area contributed by atoms with Gasteiger partial charge in [0.25, 0.3) is 0 Å². The van der Waals surface area contributed by atoms with Crippen molar-refractivity contribution in [1.82, 2.24) is 19.5 Å². The highest BCUT2D eigenvalue weighted by Gasteiger charge is 2.35. The maximum absolute atomic E-state index is 9.70. The average molecular weight is 251 g/mol. The lowest BCUT2D eigenvalue weighted by Gasteiger charge is -2.13. The topological polar surface area (TPSA) is 119 Å². The van der Waals surface area contributed by atoms with Crippen molar-refractivity contribution >= 4 is 17.1 Å². The highest BCUT2D eigenvalue weighted by Crippen LogP contribution is 2.30. The van der Waals surface area contributed by atoms with Crippen molar-refractivity contribution in [3.8, 4) is 0 Å². The molecule has 0 unspecified atom stereocenters. The van der Waals surface area contributed by atoms with Gasteiger partial charge in [-0.15, -0.1) is 0 Å². The molecule has 2 aromatic rings. The minimum Gasteiger partial charge on any atom is -0.394 e. The summed E-state index contributed by atoms with van der Waals surface area (Å²) in [7, 11) is 0. The van der Waals surface area contributed by atoms with Gasteiger partial charge in [-0.3, -0.25) is 0 Å². The maximum atomic E-state index is 9.70. The molecule has 0 spiro atoms. The van der Waals surface area contributed by atoms with Crippen LogP contribution < -0.4 is 5.73 Å². The van der Waals surface area contributed by atoms with Gasteiger partial charge in [-0.25, -0.2) is 9.97 Å². The Morgan fingerprint density at radius 3 is 3.06 bits per heavy atom. The summed E-state index contributed by atoms with van der Waals surface area (Å²) in [5.41, 5.74) is 6.64. The van der Waals surface area contributed by atoms with E-state index >= 15 is 0 Å². The first kappa shape index (κ1) is 11.3. The maximum Gasteiger partial charge on any atom is 0.222 e. The minimum atomic E-state index is -0.688. The third kappa shape index (κ3) is 1.70. The number of rotatable bonds is 2. The second kappa shape index (κ2) is 4.16. The van der Waals surface area contributed by atoms with Gasteiger partial charge < -0.3 is 25.3 Å². The molecule has 0 amide bonds. The molecule has 3 rings (SSSR count). The van der Waals surface area contributed by atoms with Gasteiger partial charge in [-0.1, -0.05) is 0 Å². The molecule has 0 radical (unpaired) electrons. The van der Waals surface area contributed by atoms with Gasteiger partial charge in [0.2, 0.25) is 5.95 Å². The van der Waals surface area contributed by atoms with Gasteiger partial charge >= 0.3 is 0 Å². The second-order valence-electron chi connectivity index (χ2n) is 4.20. The van der Waals surface area contributed by atoms with Crippen LogP contribution in [0.25, 0.3) is 11.2 Å². The molecule has 0 saturated carbocycles. The van der Waals surface area contributed by atoms with E-state index in [1.165, 1.54) is 0 Å². The van der Waals surface area contributed by atoms with E-state index in [1.807, 2.05) is 0 Å². The minimum absolute atomic E-state index is 0.161. The lowest BCUT2D eigenvalue weighted by molar-refractivity contribution is -0.0430. The van der Waals surface area contributed by atoms with Gasteiger partial charge in [-0.05, 0) is 0 Å². The normalized spacial score (nSPS) is 28.0. The summed E-state index contributed by atoms with van der Waals surface area (Å²) in [6.45, 7) is -0.215. The molecule has 1 fully saturated rings. The third-order valence-corrected chi connectivity index (χ3v) is 3.05. The fourth-order valence-corrected chi connectivity index (χ4v) is 2.12. The summed E-state index contributed by atoms with van der Waals surface area (Å²) < 4.78 is 7.27. The fraction of sp³-hybridized carbons (Fsp3) is 0.500. The highest BCUT2D eigenvalue weighted by atomic mass is 16.5. The molecule has 96 valence electrons. The Morgan fingerprint density at radius 1 is 1.50 bits per heavy atom. The lowest BCUT2D eigenvalue weighted by atomic mass is 10.2. The predicted octanol–water partition coefficient (Wildman–Crippen LogP) is -0.951. The van der Waals surface area contributed by atoms with Crippen molar-refractivity contribution < 1.29 is 14.9 Å². The van der Waals surface area contributed by atoms with Crippen LogP contribution in [-0.4, -0.2) is 48.5 Å². The standard InChI is InChI=1S/C10H13N5O3/c11-10-12-2-5-9(14-10)13-4-15(5)8-1-6(17)7(3-16)18-8/h2,4,6-8,16-17H,1,3H2,(H2,11,12,14)/t6-,7+,8-/m0/s1. The summed E-state index contributed by atoms with van der Waals surface area (Å²) in [5.74, 6) is 0.161. The summed E-state index contributed by atoms with van der Waals surface area (Å²) in [6, 6.07) is 0. The van der Waals surface area contributed by atoms with E-state index in [-0.39, 0.29) is 18.8 Å². The van der Waals surface area contributed by atoms with Gasteiger partial charge in [0.15, 0.2) is 5.65 Å². The van der Waals surface area contributed by atoms with Gasteiger partial charge in [0, 0.05) is 6.42 Å². The average Bonchev–Trinajstić information content (AvgIpc) is 2.91. The molecule has 8 nitrogen and oxygen atoms in total. The van der Waals surface area contributed by atoms with Gasteiger partial charge in [-0.2, -0.15) is 4.98 Å². The van der Waals surface area contributed by atoms with Crippen LogP contribution in [-0.2, 0) is 4.74 Å². The number of hydrogen-bond acceptors (Lipinski definition) is 7. The molecule has 4 N–H and O–H groups in total. The summed E-state index contributed by atoms with van der Waals surface area (Å²) in [6.07, 6.45) is 1.88. The highest BCUT2D eigenvalue weighted by molar-refractivity contribution is 5.70. The number of nitrogen functional groups attached to an aromatic ring is 1. The summed E-state index contributed by atoms with van der Waals surface area (Å²) >= 11 is 0.